The fraction of sp³-hybridized carbons (Fsp3) is 0.538. The van der Waals surface area contributed by atoms with E-state index < -0.39 is 0 Å². The third-order valence-electron chi connectivity index (χ3n) is 3.69. The molecule has 1 aliphatic heterocycles. The van der Waals surface area contributed by atoms with Crippen molar-refractivity contribution in [3.63, 3.8) is 0 Å². The maximum atomic E-state index is 5.67. The van der Waals surface area contributed by atoms with Crippen LogP contribution in [0.15, 0.2) is 24.3 Å². The Labute approximate surface area is 90.6 Å². The van der Waals surface area contributed by atoms with Gasteiger partial charge in [0, 0.05) is 0 Å². The molecular formula is C13H17NO. The van der Waals surface area contributed by atoms with Crippen molar-refractivity contribution in [3.8, 4) is 5.75 Å². The average Bonchev–Trinajstić information content (AvgIpc) is 2.30. The van der Waals surface area contributed by atoms with Crippen LogP contribution in [-0.2, 0) is 6.42 Å². The molecule has 2 nitrogen and oxygen atoms in total. The molecule has 0 atom stereocenters. The van der Waals surface area contributed by atoms with E-state index in [0.29, 0.717) is 0 Å². The van der Waals surface area contributed by atoms with Gasteiger partial charge in [0.05, 0.1) is 5.54 Å². The molecule has 1 aromatic carbocycles. The normalized spacial score (nSPS) is 23.2. The monoisotopic (exact) mass is 203 g/mol. The van der Waals surface area contributed by atoms with Gasteiger partial charge in [-0.25, -0.2) is 0 Å². The van der Waals surface area contributed by atoms with Gasteiger partial charge >= 0.3 is 0 Å². The van der Waals surface area contributed by atoms with E-state index in [9.17, 15) is 0 Å². The minimum Gasteiger partial charge on any atom is -0.408 e. The van der Waals surface area contributed by atoms with Gasteiger partial charge in [-0.05, 0) is 30.9 Å². The van der Waals surface area contributed by atoms with Gasteiger partial charge in [-0.2, -0.15) is 5.48 Å². The van der Waals surface area contributed by atoms with Crippen LogP contribution in [0.3, 0.4) is 0 Å². The van der Waals surface area contributed by atoms with Crippen LogP contribution < -0.4 is 10.3 Å². The van der Waals surface area contributed by atoms with Gasteiger partial charge in [-0.1, -0.05) is 37.5 Å². The van der Waals surface area contributed by atoms with Gasteiger partial charge < -0.3 is 4.84 Å². The molecule has 80 valence electrons. The molecule has 0 amide bonds. The van der Waals surface area contributed by atoms with Crippen LogP contribution >= 0.6 is 0 Å². The Morgan fingerprint density at radius 1 is 1.07 bits per heavy atom. The third kappa shape index (κ3) is 1.63. The van der Waals surface area contributed by atoms with Gasteiger partial charge in [0.2, 0.25) is 0 Å². The maximum absolute atomic E-state index is 5.67. The predicted octanol–water partition coefficient (Wildman–Crippen LogP) is 2.83. The number of para-hydroxylation sites is 1. The van der Waals surface area contributed by atoms with Gasteiger partial charge in [-0.3, -0.25) is 0 Å². The van der Waals surface area contributed by atoms with Crippen molar-refractivity contribution in [2.75, 3.05) is 0 Å². The number of hydrogen-bond acceptors (Lipinski definition) is 2. The summed E-state index contributed by atoms with van der Waals surface area (Å²) in [5, 5.41) is 0. The van der Waals surface area contributed by atoms with Crippen molar-refractivity contribution in [2.45, 2.75) is 44.1 Å². The zero-order valence-corrected chi connectivity index (χ0v) is 8.96. The van der Waals surface area contributed by atoms with Crippen molar-refractivity contribution < 1.29 is 4.84 Å². The molecule has 0 bridgehead atoms. The first-order valence-corrected chi connectivity index (χ1v) is 5.90. The van der Waals surface area contributed by atoms with Crippen LogP contribution in [0, 0.1) is 0 Å². The highest BCUT2D eigenvalue weighted by molar-refractivity contribution is 5.36. The van der Waals surface area contributed by atoms with Crippen LogP contribution in [0.2, 0.25) is 0 Å². The van der Waals surface area contributed by atoms with Crippen molar-refractivity contribution >= 4 is 0 Å². The second-order valence-electron chi connectivity index (χ2n) is 4.83. The Morgan fingerprint density at radius 2 is 1.87 bits per heavy atom. The summed E-state index contributed by atoms with van der Waals surface area (Å²) < 4.78 is 0. The fourth-order valence-electron chi connectivity index (χ4n) is 2.82. The first-order chi connectivity index (χ1) is 7.38. The van der Waals surface area contributed by atoms with Gasteiger partial charge in [0.25, 0.3) is 0 Å². The number of nitrogens with one attached hydrogen (secondary N) is 1. The summed E-state index contributed by atoms with van der Waals surface area (Å²) in [5.41, 5.74) is 4.88. The largest absolute Gasteiger partial charge is 0.408 e. The van der Waals surface area contributed by atoms with Crippen LogP contribution in [0.4, 0.5) is 0 Å². The van der Waals surface area contributed by atoms with Crippen LogP contribution in [0.5, 0.6) is 5.75 Å². The molecule has 1 fully saturated rings. The number of benzene rings is 1. The summed E-state index contributed by atoms with van der Waals surface area (Å²) in [5.74, 6) is 1.01. The van der Waals surface area contributed by atoms with E-state index in [-0.39, 0.29) is 5.54 Å². The van der Waals surface area contributed by atoms with Crippen LogP contribution in [0.1, 0.15) is 37.7 Å². The van der Waals surface area contributed by atoms with Crippen molar-refractivity contribution in [1.82, 2.24) is 5.48 Å². The second kappa shape index (κ2) is 3.53. The zero-order chi connectivity index (χ0) is 10.1. The standard InChI is InChI=1S/C13H17NO/c1-4-8-13(9-5-1)10-11-6-2-3-7-12(11)15-14-13/h2-3,6-7,14H,1,4-5,8-10H2. The lowest BCUT2D eigenvalue weighted by Crippen LogP contribution is -2.52. The summed E-state index contributed by atoms with van der Waals surface area (Å²) in [7, 11) is 0. The number of fused-ring (bicyclic) bond motifs is 1. The van der Waals surface area contributed by atoms with Crippen LogP contribution in [0.25, 0.3) is 0 Å². The van der Waals surface area contributed by atoms with Gasteiger partial charge in [-0.15, -0.1) is 0 Å². The molecule has 1 saturated carbocycles. The molecule has 0 unspecified atom stereocenters. The number of rotatable bonds is 0. The van der Waals surface area contributed by atoms with E-state index in [4.69, 9.17) is 4.84 Å². The molecule has 0 radical (unpaired) electrons. The number of hydrogen-bond donors (Lipinski definition) is 1. The Morgan fingerprint density at radius 3 is 2.73 bits per heavy atom. The lowest BCUT2D eigenvalue weighted by Gasteiger charge is -2.41. The highest BCUT2D eigenvalue weighted by atomic mass is 16.7. The second-order valence-corrected chi connectivity index (χ2v) is 4.83. The zero-order valence-electron chi connectivity index (χ0n) is 8.96. The SMILES string of the molecule is c1ccc2c(c1)CC1(CCCCC1)NO2. The Kier molecular flexibility index (Phi) is 2.17. The highest BCUT2D eigenvalue weighted by Crippen LogP contribution is 2.36. The summed E-state index contributed by atoms with van der Waals surface area (Å²) >= 11 is 0. The van der Waals surface area contributed by atoms with Gasteiger partial charge in [0.15, 0.2) is 0 Å². The lowest BCUT2D eigenvalue weighted by atomic mass is 9.77. The van der Waals surface area contributed by atoms with Crippen LogP contribution in [-0.4, -0.2) is 5.54 Å². The minimum absolute atomic E-state index is 0.229. The van der Waals surface area contributed by atoms with E-state index in [1.165, 1.54) is 37.7 Å². The molecule has 1 aromatic rings. The summed E-state index contributed by atoms with van der Waals surface area (Å²) in [6.07, 6.45) is 7.67. The van der Waals surface area contributed by atoms with E-state index in [1.807, 2.05) is 12.1 Å². The predicted molar refractivity (Wildman–Crippen MR) is 59.7 cm³/mol. The fourth-order valence-corrected chi connectivity index (χ4v) is 2.82. The summed E-state index contributed by atoms with van der Waals surface area (Å²) in [4.78, 5) is 5.67. The smallest absolute Gasteiger partial charge is 0.150 e. The van der Waals surface area contributed by atoms with Crippen molar-refractivity contribution in [2.24, 2.45) is 0 Å². The average molecular weight is 203 g/mol. The quantitative estimate of drug-likeness (QED) is 0.700. The van der Waals surface area contributed by atoms with E-state index in [1.54, 1.807) is 0 Å². The molecular weight excluding hydrogens is 186 g/mol. The molecule has 1 N–H and O–H groups in total. The maximum Gasteiger partial charge on any atom is 0.150 e. The van der Waals surface area contributed by atoms with Crippen molar-refractivity contribution in [1.29, 1.82) is 0 Å². The first kappa shape index (κ1) is 9.22. The first-order valence-electron chi connectivity index (χ1n) is 5.90. The Hall–Kier alpha value is -1.02. The molecule has 2 aliphatic rings. The molecule has 1 spiro atoms. The van der Waals surface area contributed by atoms with Crippen molar-refractivity contribution in [3.05, 3.63) is 29.8 Å². The van der Waals surface area contributed by atoms with E-state index in [2.05, 4.69) is 17.6 Å². The minimum atomic E-state index is 0.229. The molecule has 3 rings (SSSR count). The third-order valence-corrected chi connectivity index (χ3v) is 3.69. The summed E-state index contributed by atoms with van der Waals surface area (Å²) in [6, 6.07) is 8.36. The molecule has 2 heteroatoms. The Balaban J connectivity index is 1.87. The van der Waals surface area contributed by atoms with E-state index >= 15 is 0 Å². The topological polar surface area (TPSA) is 21.3 Å². The lowest BCUT2D eigenvalue weighted by molar-refractivity contribution is 0.0407. The van der Waals surface area contributed by atoms with E-state index in [0.717, 1.165) is 12.2 Å². The molecule has 1 heterocycles. The molecule has 0 saturated heterocycles. The molecule has 15 heavy (non-hydrogen) atoms. The highest BCUT2D eigenvalue weighted by Gasteiger charge is 2.36. The number of hydroxylamine groups is 1. The summed E-state index contributed by atoms with van der Waals surface area (Å²) in [6.45, 7) is 0. The Bertz CT molecular complexity index is 355. The van der Waals surface area contributed by atoms with Gasteiger partial charge in [0.1, 0.15) is 5.75 Å². The molecule has 1 aliphatic carbocycles. The molecule has 0 aromatic heterocycles.